The molecule has 0 saturated heterocycles. The van der Waals surface area contributed by atoms with Gasteiger partial charge in [-0.2, -0.15) is 0 Å². The molecule has 1 aliphatic heterocycles. The number of anilines is 1. The van der Waals surface area contributed by atoms with Gasteiger partial charge in [0.25, 0.3) is 0 Å². The molecule has 1 heterocycles. The highest BCUT2D eigenvalue weighted by atomic mass is 16.2. The van der Waals surface area contributed by atoms with Crippen molar-refractivity contribution in [3.05, 3.63) is 29.3 Å². The van der Waals surface area contributed by atoms with Gasteiger partial charge < -0.3 is 10.6 Å². The van der Waals surface area contributed by atoms with Crippen LogP contribution >= 0.6 is 0 Å². The lowest BCUT2D eigenvalue weighted by Crippen LogP contribution is -2.30. The fourth-order valence-electron chi connectivity index (χ4n) is 2.47. The Morgan fingerprint density at radius 2 is 2.11 bits per heavy atom. The highest BCUT2D eigenvalue weighted by molar-refractivity contribution is 6.01. The Kier molecular flexibility index (Phi) is 2.67. The summed E-state index contributed by atoms with van der Waals surface area (Å²) in [4.78, 5) is 25.5. The summed E-state index contributed by atoms with van der Waals surface area (Å²) in [5.41, 5.74) is 8.07. The van der Waals surface area contributed by atoms with E-state index < -0.39 is 0 Å². The molecule has 1 aromatic carbocycles. The molecule has 1 aliphatic carbocycles. The van der Waals surface area contributed by atoms with Crippen molar-refractivity contribution < 1.29 is 9.59 Å². The number of benzene rings is 1. The number of hydrogen-bond donors (Lipinski definition) is 1. The van der Waals surface area contributed by atoms with Crippen LogP contribution in [0.2, 0.25) is 0 Å². The number of carbonyl (C=O) groups excluding carboxylic acids is 2. The quantitative estimate of drug-likeness (QED) is 0.811. The number of Topliss-reactive ketones (excluding diaryl/α,β-unsaturated/α-hetero) is 1. The minimum Gasteiger partial charge on any atom is -0.324 e. The van der Waals surface area contributed by atoms with Crippen LogP contribution in [0.25, 0.3) is 0 Å². The number of ketones is 1. The van der Waals surface area contributed by atoms with Gasteiger partial charge in [-0.1, -0.05) is 0 Å². The summed E-state index contributed by atoms with van der Waals surface area (Å²) in [5, 5.41) is 0. The Labute approximate surface area is 106 Å². The molecular weight excluding hydrogens is 228 g/mol. The summed E-state index contributed by atoms with van der Waals surface area (Å²) >= 11 is 0. The molecule has 1 aromatic rings. The molecule has 0 radical (unpaired) electrons. The number of nitrogens with two attached hydrogens (primary N) is 1. The first-order valence-electron chi connectivity index (χ1n) is 6.38. The SMILES string of the molecule is NCC(=O)c1ccc2c(c1)CCN2C(=O)C1CC1. The van der Waals surface area contributed by atoms with Gasteiger partial charge in [-0.15, -0.1) is 0 Å². The average molecular weight is 244 g/mol. The molecule has 0 unspecified atom stereocenters. The highest BCUT2D eigenvalue weighted by Gasteiger charge is 2.36. The zero-order valence-corrected chi connectivity index (χ0v) is 10.2. The van der Waals surface area contributed by atoms with Crippen molar-refractivity contribution in [2.45, 2.75) is 19.3 Å². The topological polar surface area (TPSA) is 63.4 Å². The lowest BCUT2D eigenvalue weighted by Gasteiger charge is -2.17. The summed E-state index contributed by atoms with van der Waals surface area (Å²) < 4.78 is 0. The van der Waals surface area contributed by atoms with Crippen LogP contribution in [0, 0.1) is 5.92 Å². The summed E-state index contributed by atoms with van der Waals surface area (Å²) in [7, 11) is 0. The second-order valence-electron chi connectivity index (χ2n) is 4.98. The maximum Gasteiger partial charge on any atom is 0.230 e. The van der Waals surface area contributed by atoms with E-state index >= 15 is 0 Å². The maximum atomic E-state index is 12.1. The molecule has 18 heavy (non-hydrogen) atoms. The van der Waals surface area contributed by atoms with E-state index in [0.717, 1.165) is 37.1 Å². The molecule has 2 N–H and O–H groups in total. The van der Waals surface area contributed by atoms with Gasteiger partial charge in [-0.05, 0) is 43.0 Å². The van der Waals surface area contributed by atoms with E-state index in [9.17, 15) is 9.59 Å². The van der Waals surface area contributed by atoms with Gasteiger partial charge in [-0.25, -0.2) is 0 Å². The fourth-order valence-corrected chi connectivity index (χ4v) is 2.47. The molecule has 2 aliphatic rings. The number of amides is 1. The van der Waals surface area contributed by atoms with Crippen molar-refractivity contribution in [2.24, 2.45) is 11.7 Å². The molecule has 1 amide bonds. The Hall–Kier alpha value is -1.68. The molecule has 0 aromatic heterocycles. The lowest BCUT2D eigenvalue weighted by molar-refractivity contribution is -0.119. The van der Waals surface area contributed by atoms with Crippen molar-refractivity contribution in [1.29, 1.82) is 0 Å². The van der Waals surface area contributed by atoms with Gasteiger partial charge in [0.2, 0.25) is 5.91 Å². The van der Waals surface area contributed by atoms with Crippen molar-refractivity contribution in [3.8, 4) is 0 Å². The van der Waals surface area contributed by atoms with E-state index in [4.69, 9.17) is 5.73 Å². The molecule has 0 atom stereocenters. The molecule has 4 heteroatoms. The Balaban J connectivity index is 1.88. The predicted molar refractivity (Wildman–Crippen MR) is 68.6 cm³/mol. The normalized spacial score (nSPS) is 17.7. The predicted octanol–water partition coefficient (Wildman–Crippen LogP) is 1.13. The van der Waals surface area contributed by atoms with Crippen LogP contribution in [-0.2, 0) is 11.2 Å². The van der Waals surface area contributed by atoms with Crippen LogP contribution < -0.4 is 10.6 Å². The first-order valence-corrected chi connectivity index (χ1v) is 6.38. The van der Waals surface area contributed by atoms with E-state index in [1.54, 1.807) is 6.07 Å². The van der Waals surface area contributed by atoms with Crippen molar-refractivity contribution in [2.75, 3.05) is 18.0 Å². The second kappa shape index (κ2) is 4.21. The molecule has 0 bridgehead atoms. The Bertz CT molecular complexity index is 521. The van der Waals surface area contributed by atoms with Gasteiger partial charge in [0, 0.05) is 23.7 Å². The Morgan fingerprint density at radius 1 is 1.33 bits per heavy atom. The second-order valence-corrected chi connectivity index (χ2v) is 4.98. The van der Waals surface area contributed by atoms with Gasteiger partial charge in [0.15, 0.2) is 5.78 Å². The lowest BCUT2D eigenvalue weighted by atomic mass is 10.1. The Morgan fingerprint density at radius 3 is 2.78 bits per heavy atom. The number of rotatable bonds is 3. The zero-order valence-electron chi connectivity index (χ0n) is 10.2. The molecule has 4 nitrogen and oxygen atoms in total. The first kappa shape index (κ1) is 11.4. The molecule has 3 rings (SSSR count). The molecule has 0 spiro atoms. The molecule has 1 saturated carbocycles. The summed E-state index contributed by atoms with van der Waals surface area (Å²) in [6.45, 7) is 0.772. The largest absolute Gasteiger partial charge is 0.324 e. The number of carbonyl (C=O) groups is 2. The summed E-state index contributed by atoms with van der Waals surface area (Å²) in [6, 6.07) is 5.53. The van der Waals surface area contributed by atoms with Crippen molar-refractivity contribution in [3.63, 3.8) is 0 Å². The van der Waals surface area contributed by atoms with Crippen LogP contribution in [0.5, 0.6) is 0 Å². The number of nitrogens with zero attached hydrogens (tertiary/aromatic N) is 1. The van der Waals surface area contributed by atoms with Crippen LogP contribution in [0.3, 0.4) is 0 Å². The van der Waals surface area contributed by atoms with Crippen molar-refractivity contribution in [1.82, 2.24) is 0 Å². The van der Waals surface area contributed by atoms with Gasteiger partial charge in [0.05, 0.1) is 6.54 Å². The van der Waals surface area contributed by atoms with Crippen molar-refractivity contribution >= 4 is 17.4 Å². The minimum absolute atomic E-state index is 0.0313. The van der Waals surface area contributed by atoms with Crippen LogP contribution in [0.1, 0.15) is 28.8 Å². The van der Waals surface area contributed by atoms with Crippen LogP contribution in [0.15, 0.2) is 18.2 Å². The average Bonchev–Trinajstić information content (AvgIpc) is 3.16. The third kappa shape index (κ3) is 1.82. The minimum atomic E-state index is -0.0511. The van der Waals surface area contributed by atoms with Gasteiger partial charge >= 0.3 is 0 Å². The van der Waals surface area contributed by atoms with Crippen LogP contribution in [0.4, 0.5) is 5.69 Å². The molecule has 1 fully saturated rings. The van der Waals surface area contributed by atoms with E-state index in [1.807, 2.05) is 17.0 Å². The molecule has 94 valence electrons. The molecular formula is C14H16N2O2. The van der Waals surface area contributed by atoms with Crippen LogP contribution in [-0.4, -0.2) is 24.8 Å². The number of hydrogen-bond acceptors (Lipinski definition) is 3. The van der Waals surface area contributed by atoms with E-state index in [-0.39, 0.29) is 24.2 Å². The zero-order chi connectivity index (χ0) is 12.7. The van der Waals surface area contributed by atoms with E-state index in [2.05, 4.69) is 0 Å². The van der Waals surface area contributed by atoms with Gasteiger partial charge in [-0.3, -0.25) is 9.59 Å². The maximum absolute atomic E-state index is 12.1. The first-order chi connectivity index (χ1) is 8.70. The number of fused-ring (bicyclic) bond motifs is 1. The van der Waals surface area contributed by atoms with Gasteiger partial charge in [0.1, 0.15) is 0 Å². The van der Waals surface area contributed by atoms with E-state index in [0.29, 0.717) is 5.56 Å². The monoisotopic (exact) mass is 244 g/mol. The van der Waals surface area contributed by atoms with E-state index in [1.165, 1.54) is 0 Å². The smallest absolute Gasteiger partial charge is 0.230 e. The summed E-state index contributed by atoms with van der Waals surface area (Å²) in [6.07, 6.45) is 2.88. The summed E-state index contributed by atoms with van der Waals surface area (Å²) in [5.74, 6) is 0.428. The standard InChI is InChI=1S/C14H16N2O2/c15-8-13(17)11-3-4-12-10(7-11)5-6-16(12)14(18)9-1-2-9/h3-4,7,9H,1-2,5-6,8,15H2. The third-order valence-corrected chi connectivity index (χ3v) is 3.68. The third-order valence-electron chi connectivity index (χ3n) is 3.68. The highest BCUT2D eigenvalue weighted by Crippen LogP contribution is 2.36. The fraction of sp³-hybridized carbons (Fsp3) is 0.429.